The highest BCUT2D eigenvalue weighted by Gasteiger charge is 2.24. The van der Waals surface area contributed by atoms with Gasteiger partial charge in [-0.1, -0.05) is 26.0 Å². The van der Waals surface area contributed by atoms with Gasteiger partial charge in [-0.15, -0.1) is 0 Å². The summed E-state index contributed by atoms with van der Waals surface area (Å²) in [5, 5.41) is 3.65. The molecule has 0 spiro atoms. The molecule has 3 nitrogen and oxygen atoms in total. The van der Waals surface area contributed by atoms with Crippen LogP contribution in [0.5, 0.6) is 0 Å². The van der Waals surface area contributed by atoms with Crippen LogP contribution in [0.15, 0.2) is 24.3 Å². The van der Waals surface area contributed by atoms with E-state index in [1.807, 2.05) is 0 Å². The van der Waals surface area contributed by atoms with Gasteiger partial charge in [0.15, 0.2) is 0 Å². The molecule has 1 aliphatic rings. The summed E-state index contributed by atoms with van der Waals surface area (Å²) in [6.45, 7) is 6.35. The normalized spacial score (nSPS) is 23.3. The lowest BCUT2D eigenvalue weighted by Crippen LogP contribution is -2.36. The summed E-state index contributed by atoms with van der Waals surface area (Å²) >= 11 is 0. The number of nitrogens with one attached hydrogen (secondary N) is 1. The van der Waals surface area contributed by atoms with Crippen molar-refractivity contribution in [2.45, 2.75) is 45.4 Å². The van der Waals surface area contributed by atoms with Gasteiger partial charge in [0.1, 0.15) is 0 Å². The molecule has 0 saturated carbocycles. The summed E-state index contributed by atoms with van der Waals surface area (Å²) in [7, 11) is 4.19. The summed E-state index contributed by atoms with van der Waals surface area (Å²) in [6, 6.07) is 9.34. The molecule has 2 atom stereocenters. The van der Waals surface area contributed by atoms with Crippen LogP contribution in [0.25, 0.3) is 0 Å². The maximum absolute atomic E-state index is 5.82. The fraction of sp³-hybridized carbons (Fsp3) is 0.647. The van der Waals surface area contributed by atoms with E-state index in [4.69, 9.17) is 4.74 Å². The largest absolute Gasteiger partial charge is 0.382 e. The van der Waals surface area contributed by atoms with Gasteiger partial charge >= 0.3 is 0 Å². The Bertz CT molecular complexity index is 400. The van der Waals surface area contributed by atoms with Gasteiger partial charge in [0.05, 0.1) is 6.10 Å². The summed E-state index contributed by atoms with van der Waals surface area (Å²) in [5.41, 5.74) is 2.58. The van der Waals surface area contributed by atoms with Gasteiger partial charge in [0, 0.05) is 24.9 Å². The summed E-state index contributed by atoms with van der Waals surface area (Å²) in [4.78, 5) is 2.19. The molecule has 0 aromatic heterocycles. The number of rotatable bonds is 5. The minimum atomic E-state index is 0.397. The van der Waals surface area contributed by atoms with E-state index in [-0.39, 0.29) is 0 Å². The van der Waals surface area contributed by atoms with Crippen LogP contribution in [-0.2, 0) is 11.3 Å². The highest BCUT2D eigenvalue weighted by molar-refractivity contribution is 5.45. The average Bonchev–Trinajstić information content (AvgIpc) is 2.41. The topological polar surface area (TPSA) is 24.5 Å². The highest BCUT2D eigenvalue weighted by Crippen LogP contribution is 2.23. The summed E-state index contributed by atoms with van der Waals surface area (Å²) in [6.07, 6.45) is 2.61. The number of hydrogen-bond donors (Lipinski definition) is 1. The molecule has 20 heavy (non-hydrogen) atoms. The predicted molar refractivity (Wildman–Crippen MR) is 85.1 cm³/mol. The van der Waals surface area contributed by atoms with Gasteiger partial charge in [-0.2, -0.15) is 0 Å². The van der Waals surface area contributed by atoms with Gasteiger partial charge in [-0.05, 0) is 50.6 Å². The van der Waals surface area contributed by atoms with Gasteiger partial charge in [-0.25, -0.2) is 0 Å². The fourth-order valence-corrected chi connectivity index (χ4v) is 2.73. The Morgan fingerprint density at radius 3 is 2.55 bits per heavy atom. The van der Waals surface area contributed by atoms with Gasteiger partial charge < -0.3 is 15.0 Å². The van der Waals surface area contributed by atoms with Gasteiger partial charge in [-0.3, -0.25) is 0 Å². The smallest absolute Gasteiger partial charge is 0.0617 e. The van der Waals surface area contributed by atoms with Crippen LogP contribution in [0, 0.1) is 5.92 Å². The molecule has 1 aromatic carbocycles. The summed E-state index contributed by atoms with van der Waals surface area (Å²) in [5.74, 6) is 0.599. The molecule has 2 unspecified atom stereocenters. The molecule has 3 heteroatoms. The Balaban J connectivity index is 1.89. The Morgan fingerprint density at radius 1 is 1.25 bits per heavy atom. The van der Waals surface area contributed by atoms with Crippen LogP contribution < -0.4 is 5.32 Å². The second kappa shape index (κ2) is 7.09. The Kier molecular flexibility index (Phi) is 5.44. The van der Waals surface area contributed by atoms with E-state index in [1.54, 1.807) is 0 Å². The second-order valence-electron chi connectivity index (χ2n) is 6.45. The molecule has 112 valence electrons. The molecule has 1 saturated heterocycles. The molecule has 1 aromatic rings. The Hall–Kier alpha value is -1.06. The number of benzene rings is 1. The van der Waals surface area contributed by atoms with Crippen molar-refractivity contribution in [2.75, 3.05) is 26.0 Å². The molecule has 2 rings (SSSR count). The lowest BCUT2D eigenvalue weighted by molar-refractivity contribution is -0.0160. The van der Waals surface area contributed by atoms with E-state index < -0.39 is 0 Å². The third-order valence-corrected chi connectivity index (χ3v) is 3.88. The first-order chi connectivity index (χ1) is 9.54. The van der Waals surface area contributed by atoms with Crippen molar-refractivity contribution in [1.82, 2.24) is 4.90 Å². The Labute approximate surface area is 123 Å². The van der Waals surface area contributed by atoms with Crippen LogP contribution in [0.2, 0.25) is 0 Å². The molecule has 1 N–H and O–H groups in total. The van der Waals surface area contributed by atoms with Crippen LogP contribution in [0.3, 0.4) is 0 Å². The van der Waals surface area contributed by atoms with E-state index in [1.165, 1.54) is 11.3 Å². The first kappa shape index (κ1) is 15.3. The van der Waals surface area contributed by atoms with E-state index in [2.05, 4.69) is 62.4 Å². The lowest BCUT2D eigenvalue weighted by Gasteiger charge is -2.33. The van der Waals surface area contributed by atoms with Crippen molar-refractivity contribution in [3.05, 3.63) is 29.8 Å². The van der Waals surface area contributed by atoms with Crippen LogP contribution in [0.4, 0.5) is 5.69 Å². The molecule has 0 amide bonds. The maximum atomic E-state index is 5.82. The molecule has 0 radical (unpaired) electrons. The standard InChI is InChI=1S/C17H28N2O/c1-13(2)17-11-16(9-10-20-17)18-15-7-5-14(6-8-15)12-19(3)4/h5-8,13,16-18H,9-12H2,1-4H3. The first-order valence-corrected chi connectivity index (χ1v) is 7.66. The molecular weight excluding hydrogens is 248 g/mol. The van der Waals surface area contributed by atoms with Crippen molar-refractivity contribution < 1.29 is 4.74 Å². The second-order valence-corrected chi connectivity index (χ2v) is 6.45. The van der Waals surface area contributed by atoms with Crippen molar-refractivity contribution in [3.8, 4) is 0 Å². The van der Waals surface area contributed by atoms with Crippen molar-refractivity contribution in [3.63, 3.8) is 0 Å². The zero-order chi connectivity index (χ0) is 14.5. The molecule has 0 aliphatic carbocycles. The average molecular weight is 276 g/mol. The molecular formula is C17H28N2O. The predicted octanol–water partition coefficient (Wildman–Crippen LogP) is 3.36. The van der Waals surface area contributed by atoms with Crippen LogP contribution in [0.1, 0.15) is 32.3 Å². The number of anilines is 1. The van der Waals surface area contributed by atoms with Gasteiger partial charge in [0.25, 0.3) is 0 Å². The zero-order valence-electron chi connectivity index (χ0n) is 13.2. The molecule has 1 heterocycles. The minimum Gasteiger partial charge on any atom is -0.382 e. The molecule has 1 aliphatic heterocycles. The number of nitrogens with zero attached hydrogens (tertiary/aromatic N) is 1. The molecule has 0 bridgehead atoms. The quantitative estimate of drug-likeness (QED) is 0.892. The summed E-state index contributed by atoms with van der Waals surface area (Å²) < 4.78 is 5.82. The van der Waals surface area contributed by atoms with Crippen LogP contribution in [-0.4, -0.2) is 37.7 Å². The van der Waals surface area contributed by atoms with E-state index >= 15 is 0 Å². The first-order valence-electron chi connectivity index (χ1n) is 7.66. The monoisotopic (exact) mass is 276 g/mol. The van der Waals surface area contributed by atoms with E-state index in [9.17, 15) is 0 Å². The molecule has 1 fully saturated rings. The minimum absolute atomic E-state index is 0.397. The van der Waals surface area contributed by atoms with Crippen molar-refractivity contribution in [1.29, 1.82) is 0 Å². The van der Waals surface area contributed by atoms with E-state index in [0.717, 1.165) is 26.0 Å². The van der Waals surface area contributed by atoms with Gasteiger partial charge in [0.2, 0.25) is 0 Å². The number of ether oxygens (including phenoxy) is 1. The number of hydrogen-bond acceptors (Lipinski definition) is 3. The SMILES string of the molecule is CC(C)C1CC(Nc2ccc(CN(C)C)cc2)CCO1. The third-order valence-electron chi connectivity index (χ3n) is 3.88. The highest BCUT2D eigenvalue weighted by atomic mass is 16.5. The lowest BCUT2D eigenvalue weighted by atomic mass is 9.95. The third kappa shape index (κ3) is 4.50. The van der Waals surface area contributed by atoms with Crippen LogP contribution >= 0.6 is 0 Å². The van der Waals surface area contributed by atoms with Crippen molar-refractivity contribution in [2.24, 2.45) is 5.92 Å². The maximum Gasteiger partial charge on any atom is 0.0617 e. The fourth-order valence-electron chi connectivity index (χ4n) is 2.73. The van der Waals surface area contributed by atoms with Crippen molar-refractivity contribution >= 4 is 5.69 Å². The zero-order valence-corrected chi connectivity index (χ0v) is 13.2. The van der Waals surface area contributed by atoms with E-state index in [0.29, 0.717) is 18.1 Å². The Morgan fingerprint density at radius 2 is 1.95 bits per heavy atom.